The van der Waals surface area contributed by atoms with Crippen LogP contribution in [0.2, 0.25) is 0 Å². The van der Waals surface area contributed by atoms with Crippen LogP contribution in [0.4, 0.5) is 0 Å². The molecule has 0 aromatic rings. The molecular formula is C15H30N2S. The van der Waals surface area contributed by atoms with E-state index in [1.165, 1.54) is 32.1 Å². The predicted molar refractivity (Wildman–Crippen MR) is 84.4 cm³/mol. The molecule has 2 unspecified atom stereocenters. The van der Waals surface area contributed by atoms with Crippen molar-refractivity contribution in [3.8, 4) is 0 Å². The minimum absolute atomic E-state index is 0.472. The lowest BCUT2D eigenvalue weighted by molar-refractivity contribution is 0.212. The summed E-state index contributed by atoms with van der Waals surface area (Å²) in [5.41, 5.74) is 0. The normalized spacial score (nSPS) is 29.7. The Balaban J connectivity index is 2.81. The molecule has 1 N–H and O–H groups in total. The second-order valence-electron chi connectivity index (χ2n) is 5.70. The van der Waals surface area contributed by atoms with Crippen molar-refractivity contribution in [3.05, 3.63) is 0 Å². The van der Waals surface area contributed by atoms with Crippen molar-refractivity contribution in [2.75, 3.05) is 6.26 Å². The highest BCUT2D eigenvalue weighted by Crippen LogP contribution is 2.35. The predicted octanol–water partition coefficient (Wildman–Crippen LogP) is 4.31. The second kappa shape index (κ2) is 8.08. The summed E-state index contributed by atoms with van der Waals surface area (Å²) in [5, 5.41) is 4.61. The molecule has 0 aliphatic heterocycles. The third-order valence-corrected chi connectivity index (χ3v) is 4.65. The van der Waals surface area contributed by atoms with Gasteiger partial charge in [0.1, 0.15) is 0 Å². The molecule has 18 heavy (non-hydrogen) atoms. The number of hydrogen-bond donors (Lipinski definition) is 1. The summed E-state index contributed by atoms with van der Waals surface area (Å²) in [4.78, 5) is 5.07. The van der Waals surface area contributed by atoms with Gasteiger partial charge in [0.2, 0.25) is 0 Å². The molecule has 1 saturated carbocycles. The maximum Gasteiger partial charge on any atom is 0.156 e. The fraction of sp³-hybridized carbons (Fsp3) is 0.933. The van der Waals surface area contributed by atoms with E-state index in [-0.39, 0.29) is 0 Å². The smallest absolute Gasteiger partial charge is 0.156 e. The first-order chi connectivity index (χ1) is 8.62. The molecule has 1 aliphatic rings. The Morgan fingerprint density at radius 3 is 2.17 bits per heavy atom. The van der Waals surface area contributed by atoms with Crippen molar-refractivity contribution < 1.29 is 0 Å². The van der Waals surface area contributed by atoms with Gasteiger partial charge in [-0.05, 0) is 44.8 Å². The maximum absolute atomic E-state index is 5.07. The Hall–Kier alpha value is -0.180. The standard InChI is InChI=1S/C15H30N2S/c1-6-12-9-8-10-13(7-2)14(12)17-15(18-5)16-11(3)4/h11-14H,6-10H2,1-5H3,(H,16,17). The van der Waals surface area contributed by atoms with Crippen LogP contribution in [0, 0.1) is 11.8 Å². The van der Waals surface area contributed by atoms with E-state index in [1.54, 1.807) is 11.8 Å². The zero-order chi connectivity index (χ0) is 13.5. The van der Waals surface area contributed by atoms with Crippen LogP contribution in [0.3, 0.4) is 0 Å². The van der Waals surface area contributed by atoms with Gasteiger partial charge >= 0.3 is 0 Å². The molecule has 0 bridgehead atoms. The van der Waals surface area contributed by atoms with E-state index < -0.39 is 0 Å². The molecule has 0 amide bonds. The van der Waals surface area contributed by atoms with Crippen LogP contribution in [0.25, 0.3) is 0 Å². The molecule has 0 aromatic carbocycles. The van der Waals surface area contributed by atoms with Gasteiger partial charge in [0, 0.05) is 6.04 Å². The zero-order valence-corrected chi connectivity index (χ0v) is 13.5. The summed E-state index contributed by atoms with van der Waals surface area (Å²) in [7, 11) is 0. The molecule has 0 radical (unpaired) electrons. The first kappa shape index (κ1) is 15.9. The van der Waals surface area contributed by atoms with E-state index in [0.29, 0.717) is 12.1 Å². The number of nitrogens with zero attached hydrogens (tertiary/aromatic N) is 1. The lowest BCUT2D eigenvalue weighted by atomic mass is 9.75. The van der Waals surface area contributed by atoms with Crippen molar-refractivity contribution in [1.82, 2.24) is 5.32 Å². The molecular weight excluding hydrogens is 240 g/mol. The summed E-state index contributed by atoms with van der Waals surface area (Å²) in [5.74, 6) is 1.58. The number of amidine groups is 1. The molecule has 0 aromatic heterocycles. The van der Waals surface area contributed by atoms with Crippen molar-refractivity contribution in [2.45, 2.75) is 71.9 Å². The minimum Gasteiger partial charge on any atom is -0.363 e. The third-order valence-electron chi connectivity index (χ3n) is 4.04. The molecule has 0 spiro atoms. The zero-order valence-electron chi connectivity index (χ0n) is 12.7. The highest BCUT2D eigenvalue weighted by Gasteiger charge is 2.31. The average molecular weight is 270 g/mol. The number of hydrogen-bond acceptors (Lipinski definition) is 2. The summed E-state index contributed by atoms with van der Waals surface area (Å²) in [6, 6.07) is 1.02. The van der Waals surface area contributed by atoms with Crippen LogP contribution in [0.15, 0.2) is 4.99 Å². The Kier molecular flexibility index (Phi) is 7.13. The Bertz CT molecular complexity index is 251. The van der Waals surface area contributed by atoms with Crippen LogP contribution in [-0.2, 0) is 0 Å². The van der Waals surface area contributed by atoms with Crippen LogP contribution in [0.1, 0.15) is 59.8 Å². The molecule has 1 rings (SSSR count). The van der Waals surface area contributed by atoms with Gasteiger partial charge in [-0.3, -0.25) is 4.99 Å². The van der Waals surface area contributed by atoms with Crippen molar-refractivity contribution in [1.29, 1.82) is 0 Å². The summed E-state index contributed by atoms with van der Waals surface area (Å²) in [6.07, 6.45) is 8.80. The molecule has 3 heteroatoms. The maximum atomic E-state index is 5.07. The lowest BCUT2D eigenvalue weighted by Gasteiger charge is -2.35. The first-order valence-corrected chi connectivity index (χ1v) is 8.73. The Morgan fingerprint density at radius 1 is 1.22 bits per heavy atom. The summed E-state index contributed by atoms with van der Waals surface area (Å²) < 4.78 is 0. The van der Waals surface area contributed by atoms with Crippen LogP contribution in [-0.4, -0.2) is 23.5 Å². The number of thioether (sulfide) groups is 1. The SMILES string of the molecule is CCC1CCCC(CC)C1N=C(NC(C)C)SC. The van der Waals surface area contributed by atoms with E-state index >= 15 is 0 Å². The molecule has 1 aliphatic carbocycles. The molecule has 2 nitrogen and oxygen atoms in total. The Labute approximate surface area is 117 Å². The number of aliphatic imine (C=N–C) groups is 1. The van der Waals surface area contributed by atoms with Crippen LogP contribution < -0.4 is 5.32 Å². The summed E-state index contributed by atoms with van der Waals surface area (Å²) >= 11 is 1.76. The lowest BCUT2D eigenvalue weighted by Crippen LogP contribution is -2.35. The molecule has 1 fully saturated rings. The molecule has 0 saturated heterocycles. The molecule has 2 atom stereocenters. The van der Waals surface area contributed by atoms with Crippen molar-refractivity contribution >= 4 is 16.9 Å². The van der Waals surface area contributed by atoms with Gasteiger partial charge in [0.05, 0.1) is 6.04 Å². The first-order valence-electron chi connectivity index (χ1n) is 7.50. The average Bonchev–Trinajstić information content (AvgIpc) is 2.37. The van der Waals surface area contributed by atoms with Crippen molar-refractivity contribution in [3.63, 3.8) is 0 Å². The van der Waals surface area contributed by atoms with Gasteiger partial charge in [0.25, 0.3) is 0 Å². The van der Waals surface area contributed by atoms with Crippen LogP contribution >= 0.6 is 11.8 Å². The van der Waals surface area contributed by atoms with E-state index in [4.69, 9.17) is 4.99 Å². The third kappa shape index (κ3) is 4.49. The Morgan fingerprint density at radius 2 is 1.78 bits per heavy atom. The minimum atomic E-state index is 0.472. The highest BCUT2D eigenvalue weighted by molar-refractivity contribution is 8.13. The number of nitrogens with one attached hydrogen (secondary N) is 1. The topological polar surface area (TPSA) is 24.4 Å². The summed E-state index contributed by atoms with van der Waals surface area (Å²) in [6.45, 7) is 9.00. The van der Waals surface area contributed by atoms with Gasteiger partial charge in [-0.1, -0.05) is 44.9 Å². The highest BCUT2D eigenvalue weighted by atomic mass is 32.2. The van der Waals surface area contributed by atoms with Crippen molar-refractivity contribution in [2.24, 2.45) is 16.8 Å². The fourth-order valence-electron chi connectivity index (χ4n) is 3.00. The van der Waals surface area contributed by atoms with Gasteiger partial charge in [0.15, 0.2) is 5.17 Å². The fourth-order valence-corrected chi connectivity index (χ4v) is 3.58. The monoisotopic (exact) mass is 270 g/mol. The van der Waals surface area contributed by atoms with E-state index in [9.17, 15) is 0 Å². The van der Waals surface area contributed by atoms with Gasteiger partial charge in [-0.2, -0.15) is 0 Å². The second-order valence-corrected chi connectivity index (χ2v) is 6.49. The van der Waals surface area contributed by atoms with Gasteiger partial charge < -0.3 is 5.32 Å². The number of rotatable bonds is 4. The van der Waals surface area contributed by atoms with E-state index in [0.717, 1.165) is 17.0 Å². The quantitative estimate of drug-likeness (QED) is 0.608. The van der Waals surface area contributed by atoms with E-state index in [2.05, 4.69) is 39.3 Å². The largest absolute Gasteiger partial charge is 0.363 e. The molecule has 0 heterocycles. The van der Waals surface area contributed by atoms with Crippen LogP contribution in [0.5, 0.6) is 0 Å². The van der Waals surface area contributed by atoms with Gasteiger partial charge in [-0.15, -0.1) is 0 Å². The van der Waals surface area contributed by atoms with E-state index in [1.807, 2.05) is 0 Å². The van der Waals surface area contributed by atoms with Gasteiger partial charge in [-0.25, -0.2) is 0 Å². The molecule has 106 valence electrons.